The van der Waals surface area contributed by atoms with E-state index in [1.807, 2.05) is 54.6 Å². The number of amides is 2. The van der Waals surface area contributed by atoms with Gasteiger partial charge in [-0.3, -0.25) is 14.5 Å². The number of ether oxygens (including phenoxy) is 1. The Hall–Kier alpha value is -3.08. The molecule has 2 aromatic rings. The summed E-state index contributed by atoms with van der Waals surface area (Å²) in [7, 11) is 1.61. The molecule has 2 aromatic carbocycles. The summed E-state index contributed by atoms with van der Waals surface area (Å²) in [6.07, 6.45) is 1.14. The molecule has 0 spiro atoms. The van der Waals surface area contributed by atoms with Crippen LogP contribution in [0.2, 0.25) is 0 Å². The maximum absolute atomic E-state index is 13.5. The molecule has 0 N–H and O–H groups in total. The number of hydrogen-bond acceptors (Lipinski definition) is 4. The summed E-state index contributed by atoms with van der Waals surface area (Å²) in [4.78, 5) is 30.5. The van der Waals surface area contributed by atoms with Crippen LogP contribution in [0.25, 0.3) is 5.57 Å². The minimum Gasteiger partial charge on any atom is -0.497 e. The van der Waals surface area contributed by atoms with Crippen LogP contribution in [0.4, 0.5) is 0 Å². The fourth-order valence-corrected chi connectivity index (χ4v) is 4.63. The lowest BCUT2D eigenvalue weighted by Crippen LogP contribution is -2.41. The number of rotatable bonds is 5. The van der Waals surface area contributed by atoms with Crippen LogP contribution in [0.1, 0.15) is 31.4 Å². The average molecular weight is 405 g/mol. The van der Waals surface area contributed by atoms with Gasteiger partial charge in [-0.25, -0.2) is 0 Å². The first-order chi connectivity index (χ1) is 14.5. The van der Waals surface area contributed by atoms with Crippen molar-refractivity contribution in [3.8, 4) is 5.75 Å². The summed E-state index contributed by atoms with van der Waals surface area (Å²) >= 11 is 0. The summed E-state index contributed by atoms with van der Waals surface area (Å²) in [5.41, 5.74) is 2.74. The zero-order valence-electron chi connectivity index (χ0n) is 17.8. The molecule has 156 valence electrons. The standard InChI is InChI=1S/C25H28N2O3/c1-17-13-18(2)15-26(14-17)23-22(20-9-11-21(30-3)12-10-20)24(28)27(25(23)29)16-19-7-5-4-6-8-19/h4-12,17-18H,13-16H2,1-3H3. The zero-order chi connectivity index (χ0) is 21.3. The monoisotopic (exact) mass is 404 g/mol. The molecule has 2 aliphatic rings. The minimum absolute atomic E-state index is 0.198. The van der Waals surface area contributed by atoms with Gasteiger partial charge in [0.25, 0.3) is 11.8 Å². The molecular weight excluding hydrogens is 376 g/mol. The second-order valence-electron chi connectivity index (χ2n) is 8.49. The van der Waals surface area contributed by atoms with E-state index in [9.17, 15) is 9.59 Å². The number of carbonyl (C=O) groups is 2. The Morgan fingerprint density at radius 2 is 1.53 bits per heavy atom. The van der Waals surface area contributed by atoms with Crippen molar-refractivity contribution in [1.29, 1.82) is 0 Å². The van der Waals surface area contributed by atoms with Crippen LogP contribution in [-0.2, 0) is 16.1 Å². The van der Waals surface area contributed by atoms with Gasteiger partial charge in [0.15, 0.2) is 0 Å². The maximum atomic E-state index is 13.5. The van der Waals surface area contributed by atoms with E-state index in [4.69, 9.17) is 4.74 Å². The molecule has 4 rings (SSSR count). The molecule has 2 atom stereocenters. The van der Waals surface area contributed by atoms with Gasteiger partial charge in [0.2, 0.25) is 0 Å². The molecule has 5 heteroatoms. The van der Waals surface area contributed by atoms with E-state index >= 15 is 0 Å². The topological polar surface area (TPSA) is 49.9 Å². The summed E-state index contributed by atoms with van der Waals surface area (Å²) in [5, 5.41) is 0. The van der Waals surface area contributed by atoms with E-state index in [1.165, 1.54) is 4.90 Å². The molecule has 0 aliphatic carbocycles. The van der Waals surface area contributed by atoms with Gasteiger partial charge in [-0.1, -0.05) is 56.3 Å². The van der Waals surface area contributed by atoms with Gasteiger partial charge in [0, 0.05) is 13.1 Å². The van der Waals surface area contributed by atoms with E-state index in [-0.39, 0.29) is 18.4 Å². The molecule has 1 saturated heterocycles. The van der Waals surface area contributed by atoms with Crippen molar-refractivity contribution in [2.75, 3.05) is 20.2 Å². The first-order valence-corrected chi connectivity index (χ1v) is 10.5. The molecule has 30 heavy (non-hydrogen) atoms. The molecule has 2 unspecified atom stereocenters. The number of likely N-dealkylation sites (tertiary alicyclic amines) is 1. The first kappa shape index (κ1) is 20.2. The number of imide groups is 1. The zero-order valence-corrected chi connectivity index (χ0v) is 17.8. The third kappa shape index (κ3) is 3.84. The molecule has 0 bridgehead atoms. The number of hydrogen-bond donors (Lipinski definition) is 0. The highest BCUT2D eigenvalue weighted by Crippen LogP contribution is 2.36. The lowest BCUT2D eigenvalue weighted by atomic mass is 9.91. The Bertz CT molecular complexity index is 956. The van der Waals surface area contributed by atoms with Crippen LogP contribution in [0.3, 0.4) is 0 Å². The van der Waals surface area contributed by atoms with Crippen molar-refractivity contribution >= 4 is 17.4 Å². The van der Waals surface area contributed by atoms with Crippen LogP contribution >= 0.6 is 0 Å². The number of benzene rings is 2. The second kappa shape index (κ2) is 8.34. The van der Waals surface area contributed by atoms with E-state index < -0.39 is 0 Å². The minimum atomic E-state index is -0.227. The van der Waals surface area contributed by atoms with Crippen LogP contribution in [0, 0.1) is 11.8 Å². The third-order valence-corrected chi connectivity index (χ3v) is 5.89. The highest BCUT2D eigenvalue weighted by atomic mass is 16.5. The summed E-state index contributed by atoms with van der Waals surface area (Å²) < 4.78 is 5.26. The average Bonchev–Trinajstić information content (AvgIpc) is 2.98. The Kier molecular flexibility index (Phi) is 5.62. The van der Waals surface area contributed by atoms with Gasteiger partial charge in [0.1, 0.15) is 11.4 Å². The van der Waals surface area contributed by atoms with Crippen LogP contribution < -0.4 is 4.74 Å². The summed E-state index contributed by atoms with van der Waals surface area (Å²) in [6.45, 7) is 6.27. The van der Waals surface area contributed by atoms with Crippen LogP contribution in [-0.4, -0.2) is 41.8 Å². The Morgan fingerprint density at radius 1 is 0.900 bits per heavy atom. The predicted molar refractivity (Wildman–Crippen MR) is 116 cm³/mol. The molecule has 5 nitrogen and oxygen atoms in total. The van der Waals surface area contributed by atoms with Gasteiger partial charge < -0.3 is 9.64 Å². The van der Waals surface area contributed by atoms with Gasteiger partial charge >= 0.3 is 0 Å². The molecule has 0 saturated carbocycles. The Labute approximate surface area is 177 Å². The summed E-state index contributed by atoms with van der Waals surface area (Å²) in [5.74, 6) is 1.25. The number of carbonyl (C=O) groups excluding carboxylic acids is 2. The summed E-state index contributed by atoms with van der Waals surface area (Å²) in [6, 6.07) is 17.1. The van der Waals surface area contributed by atoms with Gasteiger partial charge in [-0.15, -0.1) is 0 Å². The Morgan fingerprint density at radius 3 is 2.13 bits per heavy atom. The molecule has 1 fully saturated rings. The maximum Gasteiger partial charge on any atom is 0.278 e. The Balaban J connectivity index is 1.75. The fourth-order valence-electron chi connectivity index (χ4n) is 4.63. The van der Waals surface area contributed by atoms with Crippen molar-refractivity contribution in [2.45, 2.75) is 26.8 Å². The number of piperidine rings is 1. The third-order valence-electron chi connectivity index (χ3n) is 5.89. The second-order valence-corrected chi connectivity index (χ2v) is 8.49. The van der Waals surface area contributed by atoms with Gasteiger partial charge in [0.05, 0.1) is 19.2 Å². The molecular formula is C25H28N2O3. The first-order valence-electron chi connectivity index (χ1n) is 10.5. The van der Waals surface area contributed by atoms with E-state index in [1.54, 1.807) is 7.11 Å². The fraction of sp³-hybridized carbons (Fsp3) is 0.360. The lowest BCUT2D eigenvalue weighted by molar-refractivity contribution is -0.138. The van der Waals surface area contributed by atoms with Crippen molar-refractivity contribution < 1.29 is 14.3 Å². The molecule has 2 heterocycles. The van der Waals surface area contributed by atoms with Crippen molar-refractivity contribution in [3.05, 3.63) is 71.4 Å². The van der Waals surface area contributed by atoms with E-state index in [0.29, 0.717) is 23.1 Å². The van der Waals surface area contributed by atoms with Crippen LogP contribution in [0.15, 0.2) is 60.3 Å². The van der Waals surface area contributed by atoms with E-state index in [2.05, 4.69) is 18.7 Å². The smallest absolute Gasteiger partial charge is 0.278 e. The van der Waals surface area contributed by atoms with Gasteiger partial charge in [-0.2, -0.15) is 0 Å². The molecule has 2 aliphatic heterocycles. The van der Waals surface area contributed by atoms with Crippen molar-refractivity contribution in [2.24, 2.45) is 11.8 Å². The molecule has 0 aromatic heterocycles. The largest absolute Gasteiger partial charge is 0.497 e. The molecule has 0 radical (unpaired) electrons. The highest BCUT2D eigenvalue weighted by molar-refractivity contribution is 6.35. The van der Waals surface area contributed by atoms with Crippen molar-refractivity contribution in [3.63, 3.8) is 0 Å². The van der Waals surface area contributed by atoms with E-state index in [0.717, 1.165) is 36.4 Å². The lowest BCUT2D eigenvalue weighted by Gasteiger charge is -2.37. The SMILES string of the molecule is COc1ccc(C2=C(N3CC(C)CC(C)C3)C(=O)N(Cc3ccccc3)C2=O)cc1. The highest BCUT2D eigenvalue weighted by Gasteiger charge is 2.42. The van der Waals surface area contributed by atoms with Gasteiger partial charge in [-0.05, 0) is 41.5 Å². The number of nitrogens with zero attached hydrogens (tertiary/aromatic N) is 2. The molecule has 2 amide bonds. The number of methoxy groups -OCH3 is 1. The van der Waals surface area contributed by atoms with Crippen molar-refractivity contribution in [1.82, 2.24) is 9.80 Å². The normalized spacial score (nSPS) is 22.1. The quantitative estimate of drug-likeness (QED) is 0.708. The van der Waals surface area contributed by atoms with Crippen LogP contribution in [0.5, 0.6) is 5.75 Å². The predicted octanol–water partition coefficient (Wildman–Crippen LogP) is 3.95.